The number of ether oxygens (including phenoxy) is 1. The summed E-state index contributed by atoms with van der Waals surface area (Å²) in [5, 5.41) is 6.83. The Kier molecular flexibility index (Phi) is 5.30. The monoisotopic (exact) mass is 281 g/mol. The van der Waals surface area contributed by atoms with Crippen molar-refractivity contribution in [2.45, 2.75) is 59.1 Å². The maximum absolute atomic E-state index is 11.7. The molecule has 20 heavy (non-hydrogen) atoms. The fourth-order valence-electron chi connectivity index (χ4n) is 1.52. The quantitative estimate of drug-likeness (QED) is 0.842. The summed E-state index contributed by atoms with van der Waals surface area (Å²) in [5.41, 5.74) is 0.110. The molecule has 1 N–H and O–H groups in total. The maximum atomic E-state index is 11.7. The maximum Gasteiger partial charge on any atom is 0.306 e. The lowest BCUT2D eigenvalue weighted by Crippen LogP contribution is -2.24. The zero-order valence-electron chi connectivity index (χ0n) is 12.8. The van der Waals surface area contributed by atoms with Crippen LogP contribution in [0, 0.1) is 0 Å². The molecule has 1 rings (SSSR count). The third kappa shape index (κ3) is 5.86. The van der Waals surface area contributed by atoms with Gasteiger partial charge in [0.1, 0.15) is 5.60 Å². The van der Waals surface area contributed by atoms with E-state index in [2.05, 4.69) is 10.4 Å². The molecular weight excluding hydrogens is 258 g/mol. The topological polar surface area (TPSA) is 73.2 Å². The van der Waals surface area contributed by atoms with Gasteiger partial charge in [0, 0.05) is 18.7 Å². The molecule has 1 aromatic rings. The van der Waals surface area contributed by atoms with Gasteiger partial charge in [-0.3, -0.25) is 14.3 Å². The molecule has 112 valence electrons. The fourth-order valence-corrected chi connectivity index (χ4v) is 1.52. The Morgan fingerprint density at radius 2 is 2.00 bits per heavy atom. The van der Waals surface area contributed by atoms with Crippen LogP contribution in [0.4, 0.5) is 5.69 Å². The smallest absolute Gasteiger partial charge is 0.306 e. The van der Waals surface area contributed by atoms with Crippen molar-refractivity contribution in [3.63, 3.8) is 0 Å². The van der Waals surface area contributed by atoms with Crippen LogP contribution in [0.15, 0.2) is 12.4 Å². The zero-order chi connectivity index (χ0) is 15.3. The normalized spacial score (nSPS) is 11.5. The lowest BCUT2D eigenvalue weighted by Gasteiger charge is -2.19. The van der Waals surface area contributed by atoms with Crippen LogP contribution in [0.2, 0.25) is 0 Å². The summed E-state index contributed by atoms with van der Waals surface area (Å²) in [5.74, 6) is -0.593. The summed E-state index contributed by atoms with van der Waals surface area (Å²) in [6, 6.07) is 0.238. The molecule has 0 aromatic carbocycles. The van der Waals surface area contributed by atoms with Crippen LogP contribution in [0.1, 0.15) is 53.5 Å². The standard InChI is InChI=1S/C14H23N3O3/c1-10(2)17-9-11(8-15-17)16-12(18)6-7-13(19)20-14(3,4)5/h8-10H,6-7H2,1-5H3,(H,16,18). The van der Waals surface area contributed by atoms with Gasteiger partial charge in [0.05, 0.1) is 18.3 Å². The number of nitrogens with zero attached hydrogens (tertiary/aromatic N) is 2. The number of carbonyl (C=O) groups is 2. The Hall–Kier alpha value is -1.85. The van der Waals surface area contributed by atoms with E-state index in [-0.39, 0.29) is 30.8 Å². The highest BCUT2D eigenvalue weighted by Gasteiger charge is 2.17. The van der Waals surface area contributed by atoms with Crippen molar-refractivity contribution in [3.8, 4) is 0 Å². The van der Waals surface area contributed by atoms with Gasteiger partial charge in [-0.15, -0.1) is 0 Å². The molecular formula is C14H23N3O3. The molecule has 0 bridgehead atoms. The lowest BCUT2D eigenvalue weighted by molar-refractivity contribution is -0.155. The number of hydrogen-bond donors (Lipinski definition) is 1. The summed E-state index contributed by atoms with van der Waals surface area (Å²) in [6.07, 6.45) is 3.52. The molecule has 0 aliphatic rings. The van der Waals surface area contributed by atoms with Crippen molar-refractivity contribution in [1.29, 1.82) is 0 Å². The molecule has 0 aliphatic carbocycles. The lowest BCUT2D eigenvalue weighted by atomic mass is 10.2. The molecule has 0 spiro atoms. The van der Waals surface area contributed by atoms with Gasteiger partial charge in [-0.05, 0) is 34.6 Å². The van der Waals surface area contributed by atoms with Crippen LogP contribution in [0.25, 0.3) is 0 Å². The van der Waals surface area contributed by atoms with Gasteiger partial charge >= 0.3 is 5.97 Å². The molecule has 0 atom stereocenters. The third-order valence-corrected chi connectivity index (χ3v) is 2.39. The molecule has 1 aromatic heterocycles. The van der Waals surface area contributed by atoms with Gasteiger partial charge in [-0.2, -0.15) is 5.10 Å². The number of esters is 1. The van der Waals surface area contributed by atoms with E-state index in [1.165, 1.54) is 0 Å². The van der Waals surface area contributed by atoms with Crippen molar-refractivity contribution in [1.82, 2.24) is 9.78 Å². The number of anilines is 1. The van der Waals surface area contributed by atoms with E-state index in [0.717, 1.165) is 0 Å². The van der Waals surface area contributed by atoms with Crippen LogP contribution in [0.3, 0.4) is 0 Å². The van der Waals surface area contributed by atoms with Crippen molar-refractivity contribution < 1.29 is 14.3 Å². The van der Waals surface area contributed by atoms with Gasteiger partial charge < -0.3 is 10.1 Å². The molecule has 0 aliphatic heterocycles. The predicted molar refractivity (Wildman–Crippen MR) is 76.3 cm³/mol. The summed E-state index contributed by atoms with van der Waals surface area (Å²) >= 11 is 0. The SMILES string of the molecule is CC(C)n1cc(NC(=O)CCC(=O)OC(C)(C)C)cn1. The van der Waals surface area contributed by atoms with E-state index < -0.39 is 5.60 Å². The Morgan fingerprint density at radius 3 is 2.50 bits per heavy atom. The highest BCUT2D eigenvalue weighted by molar-refractivity contribution is 5.92. The van der Waals surface area contributed by atoms with Crippen molar-refractivity contribution in [3.05, 3.63) is 12.4 Å². The molecule has 0 unspecified atom stereocenters. The molecule has 1 heterocycles. The van der Waals surface area contributed by atoms with E-state index in [1.807, 2.05) is 13.8 Å². The second-order valence-electron chi connectivity index (χ2n) is 5.94. The number of amides is 1. The van der Waals surface area contributed by atoms with Crippen LogP contribution in [-0.2, 0) is 14.3 Å². The molecule has 6 heteroatoms. The van der Waals surface area contributed by atoms with Crippen LogP contribution < -0.4 is 5.32 Å². The summed E-state index contributed by atoms with van der Waals surface area (Å²) in [7, 11) is 0. The van der Waals surface area contributed by atoms with E-state index in [0.29, 0.717) is 5.69 Å². The number of rotatable bonds is 5. The summed E-state index contributed by atoms with van der Waals surface area (Å²) in [4.78, 5) is 23.2. The number of nitrogens with one attached hydrogen (secondary N) is 1. The van der Waals surface area contributed by atoms with Crippen LogP contribution in [0.5, 0.6) is 0 Å². The summed E-state index contributed by atoms with van der Waals surface area (Å²) in [6.45, 7) is 9.39. The second-order valence-corrected chi connectivity index (χ2v) is 5.94. The van der Waals surface area contributed by atoms with E-state index in [1.54, 1.807) is 37.8 Å². The van der Waals surface area contributed by atoms with Gasteiger partial charge in [-0.25, -0.2) is 0 Å². The molecule has 0 radical (unpaired) electrons. The average Bonchev–Trinajstić information content (AvgIpc) is 2.72. The Balaban J connectivity index is 2.38. The second kappa shape index (κ2) is 6.54. The first kappa shape index (κ1) is 16.2. The fraction of sp³-hybridized carbons (Fsp3) is 0.643. The minimum atomic E-state index is -0.522. The first-order valence-corrected chi connectivity index (χ1v) is 6.73. The van der Waals surface area contributed by atoms with E-state index >= 15 is 0 Å². The van der Waals surface area contributed by atoms with Gasteiger partial charge in [-0.1, -0.05) is 0 Å². The van der Waals surface area contributed by atoms with E-state index in [4.69, 9.17) is 4.74 Å². The highest BCUT2D eigenvalue weighted by atomic mass is 16.6. The predicted octanol–water partition coefficient (Wildman–Crippen LogP) is 2.52. The van der Waals surface area contributed by atoms with Crippen molar-refractivity contribution >= 4 is 17.6 Å². The van der Waals surface area contributed by atoms with Crippen LogP contribution in [-0.4, -0.2) is 27.3 Å². The minimum absolute atomic E-state index is 0.0709. The molecule has 0 saturated heterocycles. The Morgan fingerprint density at radius 1 is 1.35 bits per heavy atom. The van der Waals surface area contributed by atoms with Crippen molar-refractivity contribution in [2.24, 2.45) is 0 Å². The number of carbonyl (C=O) groups excluding carboxylic acids is 2. The Bertz CT molecular complexity index is 472. The minimum Gasteiger partial charge on any atom is -0.460 e. The number of aromatic nitrogens is 2. The summed E-state index contributed by atoms with van der Waals surface area (Å²) < 4.78 is 6.89. The first-order valence-electron chi connectivity index (χ1n) is 6.73. The zero-order valence-corrected chi connectivity index (χ0v) is 12.8. The highest BCUT2D eigenvalue weighted by Crippen LogP contribution is 2.12. The van der Waals surface area contributed by atoms with Gasteiger partial charge in [0.2, 0.25) is 5.91 Å². The molecule has 1 amide bonds. The Labute approximate surface area is 119 Å². The average molecular weight is 281 g/mol. The first-order chi connectivity index (χ1) is 9.17. The molecule has 0 fully saturated rings. The molecule has 0 saturated carbocycles. The third-order valence-electron chi connectivity index (χ3n) is 2.39. The van der Waals surface area contributed by atoms with Gasteiger partial charge in [0.15, 0.2) is 0 Å². The van der Waals surface area contributed by atoms with Gasteiger partial charge in [0.25, 0.3) is 0 Å². The molecule has 6 nitrogen and oxygen atoms in total. The number of hydrogen-bond acceptors (Lipinski definition) is 4. The largest absolute Gasteiger partial charge is 0.460 e. The van der Waals surface area contributed by atoms with E-state index in [9.17, 15) is 9.59 Å². The van der Waals surface area contributed by atoms with Crippen molar-refractivity contribution in [2.75, 3.05) is 5.32 Å². The van der Waals surface area contributed by atoms with Crippen LogP contribution >= 0.6 is 0 Å².